The maximum atomic E-state index is 14.0. The molecule has 2 aromatic carbocycles. The van der Waals surface area contributed by atoms with Crippen LogP contribution in [0, 0.1) is 0 Å². The molecule has 2 unspecified atom stereocenters. The topological polar surface area (TPSA) is 177 Å². The number of amides is 4. The zero-order chi connectivity index (χ0) is 38.5. The van der Waals surface area contributed by atoms with Crippen LogP contribution in [-0.4, -0.2) is 77.0 Å². The molecule has 13 heteroatoms. The lowest BCUT2D eigenvalue weighted by atomic mass is 9.86. The van der Waals surface area contributed by atoms with Gasteiger partial charge in [-0.1, -0.05) is 61.1 Å². The van der Waals surface area contributed by atoms with E-state index in [0.717, 1.165) is 51.4 Å². The molecule has 0 aliphatic carbocycles. The largest absolute Gasteiger partial charge is 0.399 e. The highest BCUT2D eigenvalue weighted by atomic mass is 33.1. The van der Waals surface area contributed by atoms with Crippen LogP contribution < -0.4 is 27.4 Å². The van der Waals surface area contributed by atoms with Gasteiger partial charge in [0, 0.05) is 77.9 Å². The maximum Gasteiger partial charge on any atom is 0.251 e. The minimum absolute atomic E-state index is 0.0835. The van der Waals surface area contributed by atoms with E-state index in [-0.39, 0.29) is 48.9 Å². The highest BCUT2D eigenvalue weighted by Gasteiger charge is 2.33. The molecular formula is C40H60N6O5S2. The lowest BCUT2D eigenvalue weighted by Crippen LogP contribution is -2.54. The quantitative estimate of drug-likeness (QED) is 0.0326. The van der Waals surface area contributed by atoms with Crippen LogP contribution in [0.5, 0.6) is 0 Å². The third-order valence-corrected chi connectivity index (χ3v) is 12.7. The summed E-state index contributed by atoms with van der Waals surface area (Å²) in [5.41, 5.74) is 13.1. The van der Waals surface area contributed by atoms with Crippen LogP contribution in [0.25, 0.3) is 0 Å². The van der Waals surface area contributed by atoms with Crippen molar-refractivity contribution in [3.8, 4) is 0 Å². The lowest BCUT2D eigenvalue weighted by molar-refractivity contribution is -0.134. The lowest BCUT2D eigenvalue weighted by Gasteiger charge is -2.35. The normalized spacial score (nSPS) is 14.9. The van der Waals surface area contributed by atoms with Gasteiger partial charge in [0.15, 0.2) is 5.78 Å². The summed E-state index contributed by atoms with van der Waals surface area (Å²) >= 11 is 0. The second-order valence-electron chi connectivity index (χ2n) is 13.9. The molecule has 0 bridgehead atoms. The molecule has 7 N–H and O–H groups in total. The SMILES string of the molecule is CCCC(CC)(CC(=O)N(CCCCCCC(=O)c1ccc(N)cc1)CCNC(=O)c1ccc(N)cc1)NC(=O)CNC(=O)CCCCC1CCSS1. The zero-order valence-electron chi connectivity index (χ0n) is 31.6. The molecule has 1 saturated heterocycles. The summed E-state index contributed by atoms with van der Waals surface area (Å²) < 4.78 is 0. The molecule has 0 aromatic heterocycles. The Hall–Kier alpha value is -3.71. The van der Waals surface area contributed by atoms with Crippen LogP contribution in [0.1, 0.15) is 124 Å². The van der Waals surface area contributed by atoms with E-state index in [4.69, 9.17) is 11.5 Å². The Balaban J connectivity index is 1.53. The van der Waals surface area contributed by atoms with Gasteiger partial charge in [-0.3, -0.25) is 24.0 Å². The van der Waals surface area contributed by atoms with Gasteiger partial charge < -0.3 is 32.3 Å². The van der Waals surface area contributed by atoms with E-state index in [1.807, 2.05) is 35.4 Å². The first kappa shape index (κ1) is 43.7. The Morgan fingerprint density at radius 2 is 1.45 bits per heavy atom. The van der Waals surface area contributed by atoms with Crippen LogP contribution in [0.2, 0.25) is 0 Å². The van der Waals surface area contributed by atoms with E-state index in [2.05, 4.69) is 16.0 Å². The minimum Gasteiger partial charge on any atom is -0.399 e. The first-order valence-corrected chi connectivity index (χ1v) is 21.6. The molecule has 292 valence electrons. The Kier molecular flexibility index (Phi) is 19.7. The van der Waals surface area contributed by atoms with Crippen LogP contribution >= 0.6 is 21.6 Å². The summed E-state index contributed by atoms with van der Waals surface area (Å²) in [5, 5.41) is 9.47. The van der Waals surface area contributed by atoms with Gasteiger partial charge in [0.1, 0.15) is 0 Å². The van der Waals surface area contributed by atoms with Crippen molar-refractivity contribution >= 4 is 62.4 Å². The molecule has 1 fully saturated rings. The van der Waals surface area contributed by atoms with Gasteiger partial charge in [-0.05, 0) is 93.5 Å². The Labute approximate surface area is 323 Å². The van der Waals surface area contributed by atoms with Gasteiger partial charge >= 0.3 is 0 Å². The highest BCUT2D eigenvalue weighted by molar-refractivity contribution is 8.77. The predicted octanol–water partition coefficient (Wildman–Crippen LogP) is 6.53. The number of rotatable bonds is 25. The van der Waals surface area contributed by atoms with Crippen molar-refractivity contribution in [2.75, 3.05) is 43.4 Å². The summed E-state index contributed by atoms with van der Waals surface area (Å²) in [6.45, 7) is 4.91. The van der Waals surface area contributed by atoms with Crippen LogP contribution in [0.3, 0.4) is 0 Å². The molecule has 4 amide bonds. The number of nitrogens with zero attached hydrogens (tertiary/aromatic N) is 1. The van der Waals surface area contributed by atoms with E-state index in [0.29, 0.717) is 66.5 Å². The molecule has 11 nitrogen and oxygen atoms in total. The standard InChI is InChI=1S/C40H60N6O5S2/c1-3-23-40(4-2,45-37(49)29-44-36(48)13-9-8-11-34-22-27-52-53-34)28-38(50)46(26-24-43-39(51)31-16-20-33(42)21-17-31)25-10-6-5-7-12-35(47)30-14-18-32(41)19-15-30/h14-21,34H,3-13,22-29,41-42H2,1-2H3,(H,43,51)(H,44,48)(H,45,49). The zero-order valence-corrected chi connectivity index (χ0v) is 33.2. The number of carbonyl (C=O) groups excluding carboxylic acids is 5. The number of ketones is 1. The molecule has 0 radical (unpaired) electrons. The Bertz CT molecular complexity index is 1450. The van der Waals surface area contributed by atoms with Crippen molar-refractivity contribution in [1.29, 1.82) is 0 Å². The van der Waals surface area contributed by atoms with Gasteiger partial charge in [-0.15, -0.1) is 0 Å². The van der Waals surface area contributed by atoms with Gasteiger partial charge in [0.25, 0.3) is 5.91 Å². The van der Waals surface area contributed by atoms with Gasteiger partial charge in [0.05, 0.1) is 6.54 Å². The molecule has 1 heterocycles. The monoisotopic (exact) mass is 768 g/mol. The average Bonchev–Trinajstić information content (AvgIpc) is 3.67. The molecular weight excluding hydrogens is 709 g/mol. The number of hydrogen-bond acceptors (Lipinski definition) is 9. The molecule has 0 spiro atoms. The van der Waals surface area contributed by atoms with Gasteiger partial charge in [-0.2, -0.15) is 0 Å². The summed E-state index contributed by atoms with van der Waals surface area (Å²) in [7, 11) is 3.87. The first-order valence-electron chi connectivity index (χ1n) is 19.2. The first-order chi connectivity index (χ1) is 25.5. The molecule has 2 atom stereocenters. The fourth-order valence-electron chi connectivity index (χ4n) is 6.45. The number of hydrogen-bond donors (Lipinski definition) is 5. The predicted molar refractivity (Wildman–Crippen MR) is 219 cm³/mol. The summed E-state index contributed by atoms with van der Waals surface area (Å²) in [6, 6.07) is 13.6. The summed E-state index contributed by atoms with van der Waals surface area (Å²) in [6.07, 6.45) is 10.2. The van der Waals surface area contributed by atoms with Crippen molar-refractivity contribution in [2.24, 2.45) is 0 Å². The van der Waals surface area contributed by atoms with Crippen molar-refractivity contribution in [3.05, 3.63) is 59.7 Å². The number of nitrogen functional groups attached to an aromatic ring is 2. The Morgan fingerprint density at radius 1 is 0.792 bits per heavy atom. The van der Waals surface area contributed by atoms with Crippen molar-refractivity contribution < 1.29 is 24.0 Å². The van der Waals surface area contributed by atoms with Gasteiger partial charge in [0.2, 0.25) is 17.7 Å². The molecule has 1 aliphatic rings. The number of Topliss-reactive ketones (excluding diaryl/α,β-unsaturated/α-hetero) is 1. The highest BCUT2D eigenvalue weighted by Crippen LogP contribution is 2.39. The third-order valence-electron chi connectivity index (χ3n) is 9.66. The fraction of sp³-hybridized carbons (Fsp3) is 0.575. The number of nitrogens with two attached hydrogens (primary N) is 2. The van der Waals surface area contributed by atoms with E-state index < -0.39 is 5.54 Å². The minimum atomic E-state index is -0.765. The summed E-state index contributed by atoms with van der Waals surface area (Å²) in [4.78, 5) is 66.7. The number of carbonyl (C=O) groups is 5. The molecule has 3 rings (SSSR count). The van der Waals surface area contributed by atoms with Crippen LogP contribution in [0.4, 0.5) is 11.4 Å². The van der Waals surface area contributed by atoms with Crippen molar-refractivity contribution in [2.45, 2.75) is 115 Å². The average molecular weight is 769 g/mol. The van der Waals surface area contributed by atoms with Crippen LogP contribution in [-0.2, 0) is 14.4 Å². The molecule has 2 aromatic rings. The van der Waals surface area contributed by atoms with Crippen molar-refractivity contribution in [1.82, 2.24) is 20.9 Å². The molecule has 0 saturated carbocycles. The number of benzene rings is 2. The number of nitrogens with one attached hydrogen (secondary N) is 3. The Morgan fingerprint density at radius 3 is 2.09 bits per heavy atom. The second-order valence-corrected chi connectivity index (χ2v) is 16.7. The maximum absolute atomic E-state index is 14.0. The van der Waals surface area contributed by atoms with E-state index in [1.165, 1.54) is 12.2 Å². The van der Waals surface area contributed by atoms with E-state index >= 15 is 0 Å². The fourth-order valence-corrected chi connectivity index (χ4v) is 9.48. The molecule has 1 aliphatic heterocycles. The third kappa shape index (κ3) is 16.5. The van der Waals surface area contributed by atoms with Crippen LogP contribution in [0.15, 0.2) is 48.5 Å². The number of unbranched alkanes of at least 4 members (excludes halogenated alkanes) is 4. The van der Waals surface area contributed by atoms with Gasteiger partial charge in [-0.25, -0.2) is 0 Å². The number of anilines is 2. The smallest absolute Gasteiger partial charge is 0.251 e. The second kappa shape index (κ2) is 23.9. The van der Waals surface area contributed by atoms with Crippen molar-refractivity contribution in [3.63, 3.8) is 0 Å². The molecule has 53 heavy (non-hydrogen) atoms. The van der Waals surface area contributed by atoms with E-state index in [1.54, 1.807) is 53.4 Å². The summed E-state index contributed by atoms with van der Waals surface area (Å²) in [5.74, 6) is 0.481. The van der Waals surface area contributed by atoms with E-state index in [9.17, 15) is 24.0 Å².